The molecule has 7 nitrogen and oxygen atoms in total. The van der Waals surface area contributed by atoms with Crippen LogP contribution in [0.1, 0.15) is 30.5 Å². The number of amides is 1. The molecule has 0 saturated carbocycles. The minimum atomic E-state index is -0.344. The average molecular weight is 383 g/mol. The van der Waals surface area contributed by atoms with Gasteiger partial charge in [-0.25, -0.2) is 15.0 Å². The molecule has 1 aromatic carbocycles. The van der Waals surface area contributed by atoms with E-state index in [4.69, 9.17) is 0 Å². The maximum atomic E-state index is 11.9. The highest BCUT2D eigenvalue weighted by molar-refractivity contribution is 7.15. The van der Waals surface area contributed by atoms with Crippen molar-refractivity contribution in [1.29, 1.82) is 0 Å². The van der Waals surface area contributed by atoms with E-state index >= 15 is 0 Å². The lowest BCUT2D eigenvalue weighted by molar-refractivity contribution is -0.123. The molecule has 0 bridgehead atoms. The molecule has 0 aliphatic heterocycles. The number of nitrogens with zero attached hydrogens (tertiary/aromatic N) is 4. The summed E-state index contributed by atoms with van der Waals surface area (Å²) in [5, 5.41) is 14.8. The van der Waals surface area contributed by atoms with Gasteiger partial charge in [0.15, 0.2) is 0 Å². The second-order valence-electron chi connectivity index (χ2n) is 6.04. The number of aromatic nitrogens is 3. The molecule has 0 fully saturated rings. The van der Waals surface area contributed by atoms with Gasteiger partial charge in [0, 0.05) is 18.3 Å². The van der Waals surface area contributed by atoms with E-state index in [0.29, 0.717) is 28.8 Å². The van der Waals surface area contributed by atoms with E-state index in [1.807, 2.05) is 32.9 Å². The van der Waals surface area contributed by atoms with Gasteiger partial charge >= 0.3 is 0 Å². The zero-order valence-corrected chi connectivity index (χ0v) is 16.2. The van der Waals surface area contributed by atoms with Crippen molar-refractivity contribution >= 4 is 34.6 Å². The number of carbonyl (C=O) groups is 1. The van der Waals surface area contributed by atoms with Crippen LogP contribution in [0.3, 0.4) is 0 Å². The van der Waals surface area contributed by atoms with E-state index in [1.54, 1.807) is 35.7 Å². The Morgan fingerprint density at radius 3 is 2.78 bits per heavy atom. The Hall–Kier alpha value is -2.84. The van der Waals surface area contributed by atoms with Crippen LogP contribution in [0, 0.1) is 13.8 Å². The summed E-state index contributed by atoms with van der Waals surface area (Å²) in [6.45, 7) is 5.81. The van der Waals surface area contributed by atoms with Crippen LogP contribution in [0.5, 0.6) is 0 Å². The molecule has 3 aromatic rings. The Labute approximate surface area is 161 Å². The fourth-order valence-corrected chi connectivity index (χ4v) is 3.51. The number of hydrogen-bond acceptors (Lipinski definition) is 7. The Balaban J connectivity index is 1.82. The lowest BCUT2D eigenvalue weighted by Crippen LogP contribution is -2.26. The minimum Gasteiger partial charge on any atom is -0.324 e. The molecule has 0 unspecified atom stereocenters. The summed E-state index contributed by atoms with van der Waals surface area (Å²) < 4.78 is 0. The zero-order valence-electron chi connectivity index (χ0n) is 15.4. The summed E-state index contributed by atoms with van der Waals surface area (Å²) in [5.74, 6) is 0.0865. The van der Waals surface area contributed by atoms with Crippen LogP contribution >= 0.6 is 11.3 Å². The molecule has 2 heterocycles. The highest BCUT2D eigenvalue weighted by Gasteiger charge is 2.13. The van der Waals surface area contributed by atoms with Crippen LogP contribution in [0.4, 0.5) is 17.3 Å². The van der Waals surface area contributed by atoms with Gasteiger partial charge in [0.2, 0.25) is 5.95 Å². The molecule has 27 heavy (non-hydrogen) atoms. The topological polar surface area (TPSA) is 91.2 Å². The SMILES string of the molecule is CCCC(=O)N(O)c1cccc(Nc2nccc(-c3sc(C)nc3C)n2)c1. The molecular formula is C19H21N5O2S. The fourth-order valence-electron chi connectivity index (χ4n) is 2.62. The van der Waals surface area contributed by atoms with Crippen LogP contribution in [-0.2, 0) is 4.79 Å². The van der Waals surface area contributed by atoms with Crippen molar-refractivity contribution in [3.8, 4) is 10.6 Å². The Morgan fingerprint density at radius 2 is 2.07 bits per heavy atom. The van der Waals surface area contributed by atoms with Gasteiger partial charge in [0.25, 0.3) is 5.91 Å². The van der Waals surface area contributed by atoms with Gasteiger partial charge in [-0.3, -0.25) is 10.0 Å². The van der Waals surface area contributed by atoms with Gasteiger partial charge in [-0.1, -0.05) is 13.0 Å². The number of anilines is 3. The lowest BCUT2D eigenvalue weighted by atomic mass is 10.2. The summed E-state index contributed by atoms with van der Waals surface area (Å²) >= 11 is 1.59. The maximum Gasteiger partial charge on any atom is 0.250 e. The molecule has 0 aliphatic carbocycles. The largest absolute Gasteiger partial charge is 0.324 e. The lowest BCUT2D eigenvalue weighted by Gasteiger charge is -2.15. The standard InChI is InChI=1S/C19H21N5O2S/c1-4-6-17(25)24(26)15-8-5-7-14(11-15)22-19-20-10-9-16(23-19)18-12(2)21-13(3)27-18/h5,7-11,26H,4,6H2,1-3H3,(H,20,22,23). The maximum absolute atomic E-state index is 11.9. The van der Waals surface area contributed by atoms with Crippen molar-refractivity contribution in [2.75, 3.05) is 10.4 Å². The Bertz CT molecular complexity index is 957. The summed E-state index contributed by atoms with van der Waals surface area (Å²) in [6, 6.07) is 8.76. The first-order valence-electron chi connectivity index (χ1n) is 8.64. The van der Waals surface area contributed by atoms with Crippen LogP contribution in [0.2, 0.25) is 0 Å². The number of nitrogens with one attached hydrogen (secondary N) is 1. The molecule has 0 saturated heterocycles. The molecule has 0 radical (unpaired) electrons. The molecule has 1 amide bonds. The van der Waals surface area contributed by atoms with Crippen LogP contribution in [0.15, 0.2) is 36.5 Å². The molecule has 0 atom stereocenters. The number of thiazole rings is 1. The van der Waals surface area contributed by atoms with Crippen LogP contribution < -0.4 is 10.4 Å². The highest BCUT2D eigenvalue weighted by Crippen LogP contribution is 2.29. The summed E-state index contributed by atoms with van der Waals surface area (Å²) in [7, 11) is 0. The van der Waals surface area contributed by atoms with Gasteiger partial charge in [-0.05, 0) is 44.5 Å². The number of carbonyl (C=O) groups excluding carboxylic acids is 1. The molecule has 0 aliphatic rings. The molecule has 2 N–H and O–H groups in total. The van der Waals surface area contributed by atoms with Crippen molar-refractivity contribution in [3.05, 3.63) is 47.2 Å². The van der Waals surface area contributed by atoms with E-state index in [9.17, 15) is 10.0 Å². The summed E-state index contributed by atoms with van der Waals surface area (Å²) in [6.07, 6.45) is 2.64. The highest BCUT2D eigenvalue weighted by atomic mass is 32.1. The van der Waals surface area contributed by atoms with Gasteiger partial charge in [0.1, 0.15) is 0 Å². The van der Waals surface area contributed by atoms with Gasteiger partial charge < -0.3 is 5.32 Å². The van der Waals surface area contributed by atoms with Gasteiger partial charge in [-0.15, -0.1) is 11.3 Å². The second kappa shape index (κ2) is 8.24. The van der Waals surface area contributed by atoms with Crippen LogP contribution in [0.25, 0.3) is 10.6 Å². The quantitative estimate of drug-likeness (QED) is 0.482. The molecule has 3 rings (SSSR count). The number of aryl methyl sites for hydroxylation is 2. The van der Waals surface area contributed by atoms with Gasteiger partial charge in [-0.2, -0.15) is 5.06 Å². The molecule has 140 valence electrons. The van der Waals surface area contributed by atoms with E-state index in [-0.39, 0.29) is 12.3 Å². The van der Waals surface area contributed by atoms with E-state index in [0.717, 1.165) is 21.3 Å². The number of rotatable bonds is 6. The average Bonchev–Trinajstić information content (AvgIpc) is 3.00. The first-order chi connectivity index (χ1) is 13.0. The summed E-state index contributed by atoms with van der Waals surface area (Å²) in [5.41, 5.74) is 2.80. The Morgan fingerprint density at radius 1 is 1.26 bits per heavy atom. The fraction of sp³-hybridized carbons (Fsp3) is 0.263. The first kappa shape index (κ1) is 18.9. The minimum absolute atomic E-state index is 0.285. The Kier molecular flexibility index (Phi) is 5.78. The number of hydrogen-bond donors (Lipinski definition) is 2. The number of benzene rings is 1. The normalized spacial score (nSPS) is 10.7. The van der Waals surface area contributed by atoms with Crippen molar-refractivity contribution < 1.29 is 10.0 Å². The third-order valence-corrected chi connectivity index (χ3v) is 4.93. The third kappa shape index (κ3) is 4.47. The van der Waals surface area contributed by atoms with Crippen molar-refractivity contribution in [3.63, 3.8) is 0 Å². The number of hydroxylamine groups is 1. The van der Waals surface area contributed by atoms with Crippen LogP contribution in [-0.4, -0.2) is 26.1 Å². The molecule has 2 aromatic heterocycles. The predicted molar refractivity (Wildman–Crippen MR) is 107 cm³/mol. The molecule has 8 heteroatoms. The van der Waals surface area contributed by atoms with E-state index < -0.39 is 0 Å². The monoisotopic (exact) mass is 383 g/mol. The zero-order chi connectivity index (χ0) is 19.4. The van der Waals surface area contributed by atoms with Crippen molar-refractivity contribution in [1.82, 2.24) is 15.0 Å². The van der Waals surface area contributed by atoms with E-state index in [2.05, 4.69) is 20.3 Å². The second-order valence-corrected chi connectivity index (χ2v) is 7.25. The predicted octanol–water partition coefficient (Wildman–Crippen LogP) is 4.48. The third-order valence-electron chi connectivity index (χ3n) is 3.84. The van der Waals surface area contributed by atoms with E-state index in [1.165, 1.54) is 0 Å². The van der Waals surface area contributed by atoms with Crippen molar-refractivity contribution in [2.45, 2.75) is 33.6 Å². The van der Waals surface area contributed by atoms with Gasteiger partial charge in [0.05, 0.1) is 27.0 Å². The summed E-state index contributed by atoms with van der Waals surface area (Å²) in [4.78, 5) is 26.1. The first-order valence-corrected chi connectivity index (χ1v) is 9.46. The smallest absolute Gasteiger partial charge is 0.250 e. The van der Waals surface area contributed by atoms with Crippen molar-refractivity contribution in [2.24, 2.45) is 0 Å². The molecule has 0 spiro atoms. The molecular weight excluding hydrogens is 362 g/mol.